The maximum Gasteiger partial charge on any atom is 0.332 e. The first kappa shape index (κ1) is 21.5. The van der Waals surface area contributed by atoms with Crippen molar-refractivity contribution in [3.8, 4) is 11.8 Å². The number of fused-ring (bicyclic) bond motifs is 1. The van der Waals surface area contributed by atoms with E-state index < -0.39 is 11.2 Å². The Kier molecular flexibility index (Phi) is 6.24. The summed E-state index contributed by atoms with van der Waals surface area (Å²) in [7, 11) is 3.04. The van der Waals surface area contributed by atoms with Crippen molar-refractivity contribution in [2.75, 3.05) is 0 Å². The monoisotopic (exact) mass is 412 g/mol. The molecular weight excluding hydrogens is 384 g/mol. The maximum atomic E-state index is 12.8. The first-order valence-electron chi connectivity index (χ1n) is 10.2. The highest BCUT2D eigenvalue weighted by atomic mass is 16.5. The average Bonchev–Trinajstić information content (AvgIpc) is 3.08. The van der Waals surface area contributed by atoms with E-state index in [-0.39, 0.29) is 17.4 Å². The number of carbonyl (C=O) groups excluding carboxylic acids is 1. The van der Waals surface area contributed by atoms with Gasteiger partial charge in [-0.1, -0.05) is 20.8 Å². The Morgan fingerprint density at radius 3 is 2.37 bits per heavy atom. The highest BCUT2D eigenvalue weighted by Gasteiger charge is 2.20. The van der Waals surface area contributed by atoms with E-state index in [9.17, 15) is 14.4 Å². The molecular formula is C22H28N4O4. The van der Waals surface area contributed by atoms with Gasteiger partial charge >= 0.3 is 11.7 Å². The number of nitrogens with zero attached hydrogens (tertiary/aromatic N) is 4. The Balaban J connectivity index is 2.06. The van der Waals surface area contributed by atoms with Crippen LogP contribution in [-0.2, 0) is 20.6 Å². The SMILES string of the molecule is CCCC(=O)c1ccc(Oc2nc3c(c(=O)n(C)c(=O)n3C)n2CCC(C)C)cc1. The Hall–Kier alpha value is -3.16. The van der Waals surface area contributed by atoms with Gasteiger partial charge in [0.2, 0.25) is 0 Å². The van der Waals surface area contributed by atoms with Crippen LogP contribution in [-0.4, -0.2) is 24.5 Å². The van der Waals surface area contributed by atoms with Crippen LogP contribution in [0.2, 0.25) is 0 Å². The zero-order chi connectivity index (χ0) is 22.0. The van der Waals surface area contributed by atoms with Crippen molar-refractivity contribution in [2.24, 2.45) is 20.0 Å². The third-order valence-corrected chi connectivity index (χ3v) is 5.11. The summed E-state index contributed by atoms with van der Waals surface area (Å²) < 4.78 is 10.1. The summed E-state index contributed by atoms with van der Waals surface area (Å²) in [6.07, 6.45) is 2.12. The minimum absolute atomic E-state index is 0.0896. The van der Waals surface area contributed by atoms with Crippen LogP contribution in [0.3, 0.4) is 0 Å². The zero-order valence-corrected chi connectivity index (χ0v) is 18.1. The van der Waals surface area contributed by atoms with Crippen molar-refractivity contribution in [3.05, 3.63) is 50.7 Å². The second-order valence-corrected chi connectivity index (χ2v) is 7.91. The number of ether oxygens (including phenoxy) is 1. The minimum Gasteiger partial charge on any atom is -0.425 e. The molecule has 0 spiro atoms. The molecule has 0 saturated carbocycles. The molecule has 30 heavy (non-hydrogen) atoms. The number of ketones is 1. The molecule has 0 N–H and O–H groups in total. The van der Waals surface area contributed by atoms with Gasteiger partial charge in [0, 0.05) is 32.6 Å². The molecule has 3 rings (SSSR count). The van der Waals surface area contributed by atoms with E-state index in [0.717, 1.165) is 17.4 Å². The molecule has 0 aliphatic heterocycles. The van der Waals surface area contributed by atoms with Gasteiger partial charge in [-0.25, -0.2) is 4.79 Å². The van der Waals surface area contributed by atoms with Gasteiger partial charge in [0.25, 0.3) is 5.56 Å². The molecule has 0 saturated heterocycles. The molecule has 8 heteroatoms. The van der Waals surface area contributed by atoms with Gasteiger partial charge < -0.3 is 4.74 Å². The molecule has 0 atom stereocenters. The fraction of sp³-hybridized carbons (Fsp3) is 0.455. The molecule has 0 radical (unpaired) electrons. The summed E-state index contributed by atoms with van der Waals surface area (Å²) in [6.45, 7) is 6.69. The van der Waals surface area contributed by atoms with Gasteiger partial charge in [0.1, 0.15) is 5.75 Å². The number of benzene rings is 1. The van der Waals surface area contributed by atoms with Crippen molar-refractivity contribution in [3.63, 3.8) is 0 Å². The first-order chi connectivity index (χ1) is 14.2. The lowest BCUT2D eigenvalue weighted by molar-refractivity contribution is 0.0981. The Bertz CT molecular complexity index is 1180. The van der Waals surface area contributed by atoms with Crippen molar-refractivity contribution >= 4 is 16.9 Å². The van der Waals surface area contributed by atoms with Crippen molar-refractivity contribution in [1.82, 2.24) is 18.7 Å². The molecule has 0 amide bonds. The second-order valence-electron chi connectivity index (χ2n) is 7.91. The smallest absolute Gasteiger partial charge is 0.332 e. The zero-order valence-electron chi connectivity index (χ0n) is 18.1. The lowest BCUT2D eigenvalue weighted by atomic mass is 10.1. The largest absolute Gasteiger partial charge is 0.425 e. The van der Waals surface area contributed by atoms with Crippen LogP contribution in [0.4, 0.5) is 0 Å². The summed E-state index contributed by atoms with van der Waals surface area (Å²) in [5.74, 6) is 1.01. The van der Waals surface area contributed by atoms with Crippen LogP contribution in [0.25, 0.3) is 11.2 Å². The average molecular weight is 412 g/mol. The molecule has 0 unspecified atom stereocenters. The number of aromatic nitrogens is 4. The van der Waals surface area contributed by atoms with Gasteiger partial charge in [-0.2, -0.15) is 4.98 Å². The highest BCUT2D eigenvalue weighted by Crippen LogP contribution is 2.25. The van der Waals surface area contributed by atoms with Crippen LogP contribution < -0.4 is 16.0 Å². The fourth-order valence-electron chi connectivity index (χ4n) is 3.28. The summed E-state index contributed by atoms with van der Waals surface area (Å²) in [5, 5.41) is 0. The molecule has 2 heterocycles. The Morgan fingerprint density at radius 2 is 1.77 bits per heavy atom. The normalized spacial score (nSPS) is 11.4. The summed E-state index contributed by atoms with van der Waals surface area (Å²) in [4.78, 5) is 41.6. The Morgan fingerprint density at radius 1 is 1.10 bits per heavy atom. The third kappa shape index (κ3) is 4.08. The number of hydrogen-bond donors (Lipinski definition) is 0. The van der Waals surface area contributed by atoms with E-state index in [1.165, 1.54) is 11.6 Å². The molecule has 3 aromatic rings. The van der Waals surface area contributed by atoms with Crippen LogP contribution in [0, 0.1) is 5.92 Å². The molecule has 1 aromatic carbocycles. The number of Topliss-reactive ketones (excluding diaryl/α,β-unsaturated/α-hetero) is 1. The molecule has 0 aliphatic rings. The lowest BCUT2D eigenvalue weighted by Gasteiger charge is -2.11. The fourth-order valence-corrected chi connectivity index (χ4v) is 3.28. The number of hydrogen-bond acceptors (Lipinski definition) is 5. The van der Waals surface area contributed by atoms with Crippen LogP contribution in [0.1, 0.15) is 50.4 Å². The highest BCUT2D eigenvalue weighted by molar-refractivity contribution is 5.96. The van der Waals surface area contributed by atoms with E-state index in [1.54, 1.807) is 35.9 Å². The molecule has 2 aromatic heterocycles. The third-order valence-electron chi connectivity index (χ3n) is 5.11. The minimum atomic E-state index is -0.439. The Labute approximate surface area is 174 Å². The van der Waals surface area contributed by atoms with E-state index >= 15 is 0 Å². The van der Waals surface area contributed by atoms with Crippen LogP contribution in [0.15, 0.2) is 33.9 Å². The van der Waals surface area contributed by atoms with Gasteiger partial charge in [-0.15, -0.1) is 0 Å². The van der Waals surface area contributed by atoms with E-state index in [1.807, 2.05) is 6.92 Å². The molecule has 0 aliphatic carbocycles. The van der Waals surface area contributed by atoms with E-state index in [4.69, 9.17) is 4.74 Å². The molecule has 8 nitrogen and oxygen atoms in total. The lowest BCUT2D eigenvalue weighted by Crippen LogP contribution is -2.37. The number of imidazole rings is 1. The number of carbonyl (C=O) groups is 1. The number of aryl methyl sites for hydroxylation is 2. The van der Waals surface area contributed by atoms with Crippen molar-refractivity contribution in [1.29, 1.82) is 0 Å². The van der Waals surface area contributed by atoms with E-state index in [2.05, 4.69) is 18.8 Å². The first-order valence-corrected chi connectivity index (χ1v) is 10.2. The topological polar surface area (TPSA) is 88.1 Å². The van der Waals surface area contributed by atoms with Gasteiger partial charge in [0.15, 0.2) is 16.9 Å². The maximum absolute atomic E-state index is 12.8. The summed E-state index contributed by atoms with van der Waals surface area (Å²) in [5.41, 5.74) is 0.418. The molecule has 0 fully saturated rings. The predicted molar refractivity (Wildman–Crippen MR) is 115 cm³/mol. The van der Waals surface area contributed by atoms with Gasteiger partial charge in [-0.05, 0) is 43.0 Å². The van der Waals surface area contributed by atoms with Gasteiger partial charge in [0.05, 0.1) is 0 Å². The van der Waals surface area contributed by atoms with Crippen molar-refractivity contribution < 1.29 is 9.53 Å². The second kappa shape index (κ2) is 8.69. The van der Waals surface area contributed by atoms with Crippen molar-refractivity contribution in [2.45, 2.75) is 46.6 Å². The van der Waals surface area contributed by atoms with Crippen LogP contribution >= 0.6 is 0 Å². The van der Waals surface area contributed by atoms with E-state index in [0.29, 0.717) is 35.7 Å². The van der Waals surface area contributed by atoms with Crippen LogP contribution in [0.5, 0.6) is 11.8 Å². The van der Waals surface area contributed by atoms with Gasteiger partial charge in [-0.3, -0.25) is 23.3 Å². The number of rotatable bonds is 8. The summed E-state index contributed by atoms with van der Waals surface area (Å²) in [6, 6.07) is 7.13. The molecule has 160 valence electrons. The molecule has 0 bridgehead atoms. The predicted octanol–water partition coefficient (Wildman–Crippen LogP) is 3.25. The summed E-state index contributed by atoms with van der Waals surface area (Å²) >= 11 is 0. The quantitative estimate of drug-likeness (QED) is 0.530. The standard InChI is InChI=1S/C22H28N4O4/c1-6-7-17(27)15-8-10-16(11-9-15)30-21-23-19-18(26(21)13-12-14(2)3)20(28)25(5)22(29)24(19)4/h8-11,14H,6-7,12-13H2,1-5H3.